The van der Waals surface area contributed by atoms with Gasteiger partial charge in [0.25, 0.3) is 5.91 Å². The molecule has 0 aliphatic carbocycles. The number of carbonyl (C=O) groups is 2. The fourth-order valence-electron chi connectivity index (χ4n) is 4.80. The van der Waals surface area contributed by atoms with Crippen LogP contribution in [0.3, 0.4) is 0 Å². The van der Waals surface area contributed by atoms with Gasteiger partial charge in [-0.05, 0) is 53.9 Å². The number of amides is 1. The standard InChI is InChI=1S/C30H26Cl2N2O5/c1-33(2)22-10-6-18(7-11-22)26-25(27(35)23-15-19-14-21(32)16-24(38-3)29(19)39-23)28(36)30(37)34(26)13-12-17-4-8-20(31)9-5-17/h4-11,14-16,26,36H,12-13H2,1-3H3. The number of fused-ring (bicyclic) bond motifs is 1. The zero-order chi connectivity index (χ0) is 27.8. The highest BCUT2D eigenvalue weighted by molar-refractivity contribution is 6.31. The number of ether oxygens (including phenoxy) is 1. The maximum atomic E-state index is 13.9. The molecule has 1 N–H and O–H groups in total. The minimum atomic E-state index is -0.813. The Labute approximate surface area is 235 Å². The van der Waals surface area contributed by atoms with Gasteiger partial charge in [0, 0.05) is 47.8 Å². The van der Waals surface area contributed by atoms with Crippen LogP contribution in [0.25, 0.3) is 11.0 Å². The van der Waals surface area contributed by atoms with E-state index in [1.807, 2.05) is 55.4 Å². The smallest absolute Gasteiger partial charge is 0.290 e. The molecule has 200 valence electrons. The van der Waals surface area contributed by atoms with Crippen LogP contribution in [0.15, 0.2) is 82.5 Å². The summed E-state index contributed by atoms with van der Waals surface area (Å²) in [6.45, 7) is 0.269. The summed E-state index contributed by atoms with van der Waals surface area (Å²) in [5, 5.41) is 12.6. The van der Waals surface area contributed by atoms with E-state index < -0.39 is 23.5 Å². The molecule has 39 heavy (non-hydrogen) atoms. The molecule has 0 saturated carbocycles. The van der Waals surface area contributed by atoms with Crippen LogP contribution in [-0.2, 0) is 11.2 Å². The number of halogens is 2. The number of hydrogen-bond donors (Lipinski definition) is 1. The number of furan rings is 1. The van der Waals surface area contributed by atoms with Gasteiger partial charge in [0.15, 0.2) is 22.9 Å². The molecule has 1 unspecified atom stereocenters. The third kappa shape index (κ3) is 5.07. The Kier molecular flexibility index (Phi) is 7.30. The fourth-order valence-corrected chi connectivity index (χ4v) is 5.14. The average Bonchev–Trinajstić information content (AvgIpc) is 3.46. The van der Waals surface area contributed by atoms with Crippen LogP contribution < -0.4 is 9.64 Å². The van der Waals surface area contributed by atoms with Gasteiger partial charge in [0.1, 0.15) is 0 Å². The molecule has 1 atom stereocenters. The number of carbonyl (C=O) groups excluding carboxylic acids is 2. The van der Waals surface area contributed by atoms with Crippen molar-refractivity contribution in [2.75, 3.05) is 32.6 Å². The molecule has 0 spiro atoms. The van der Waals surface area contributed by atoms with Gasteiger partial charge in [-0.1, -0.05) is 47.5 Å². The number of methoxy groups -OCH3 is 1. The summed E-state index contributed by atoms with van der Waals surface area (Å²) in [6.07, 6.45) is 0.504. The molecular weight excluding hydrogens is 539 g/mol. The van der Waals surface area contributed by atoms with Crippen LogP contribution in [0.5, 0.6) is 5.75 Å². The van der Waals surface area contributed by atoms with E-state index in [1.165, 1.54) is 12.0 Å². The van der Waals surface area contributed by atoms with Crippen LogP contribution in [0.1, 0.15) is 27.7 Å². The number of ketones is 1. The van der Waals surface area contributed by atoms with Gasteiger partial charge >= 0.3 is 0 Å². The van der Waals surface area contributed by atoms with Crippen LogP contribution in [0.4, 0.5) is 5.69 Å². The quantitative estimate of drug-likeness (QED) is 0.242. The van der Waals surface area contributed by atoms with E-state index in [4.69, 9.17) is 32.4 Å². The Morgan fingerprint density at radius 1 is 1.03 bits per heavy atom. The van der Waals surface area contributed by atoms with E-state index in [0.717, 1.165) is 11.3 Å². The molecule has 9 heteroatoms. The van der Waals surface area contributed by atoms with Crippen molar-refractivity contribution in [3.05, 3.63) is 105 Å². The van der Waals surface area contributed by atoms with E-state index in [9.17, 15) is 14.7 Å². The van der Waals surface area contributed by atoms with E-state index in [1.54, 1.807) is 30.3 Å². The fraction of sp³-hybridized carbons (Fsp3) is 0.200. The lowest BCUT2D eigenvalue weighted by Gasteiger charge is -2.27. The first kappa shape index (κ1) is 26.7. The Bertz CT molecular complexity index is 1590. The molecule has 0 saturated heterocycles. The van der Waals surface area contributed by atoms with Gasteiger partial charge < -0.3 is 24.1 Å². The first-order chi connectivity index (χ1) is 18.7. The van der Waals surface area contributed by atoms with Crippen molar-refractivity contribution in [2.24, 2.45) is 0 Å². The van der Waals surface area contributed by atoms with Crippen molar-refractivity contribution in [3.8, 4) is 5.75 Å². The summed E-state index contributed by atoms with van der Waals surface area (Å²) < 4.78 is 11.2. The number of Topliss-reactive ketones (excluding diaryl/α,β-unsaturated/α-hetero) is 1. The van der Waals surface area contributed by atoms with Crippen molar-refractivity contribution in [1.29, 1.82) is 0 Å². The third-order valence-electron chi connectivity index (χ3n) is 6.82. The SMILES string of the molecule is COc1cc(Cl)cc2cc(C(=O)C3=C(O)C(=O)N(CCc4ccc(Cl)cc4)C3c3ccc(N(C)C)cc3)oc12. The largest absolute Gasteiger partial charge is 0.503 e. The molecule has 1 aliphatic heterocycles. The predicted octanol–water partition coefficient (Wildman–Crippen LogP) is 6.64. The molecule has 0 fully saturated rings. The van der Waals surface area contributed by atoms with Crippen LogP contribution in [0, 0.1) is 0 Å². The Hall–Kier alpha value is -3.94. The lowest BCUT2D eigenvalue weighted by Crippen LogP contribution is -2.33. The molecule has 1 amide bonds. The molecule has 5 rings (SSSR count). The van der Waals surface area contributed by atoms with Gasteiger partial charge in [-0.15, -0.1) is 0 Å². The minimum absolute atomic E-state index is 0.0330. The Morgan fingerprint density at radius 3 is 2.36 bits per heavy atom. The van der Waals surface area contributed by atoms with Crippen LogP contribution in [0.2, 0.25) is 10.0 Å². The van der Waals surface area contributed by atoms with Crippen LogP contribution >= 0.6 is 23.2 Å². The summed E-state index contributed by atoms with van der Waals surface area (Å²) in [7, 11) is 5.33. The molecule has 3 aromatic carbocycles. The lowest BCUT2D eigenvalue weighted by molar-refractivity contribution is -0.129. The number of benzene rings is 3. The van der Waals surface area contributed by atoms with E-state index in [2.05, 4.69) is 0 Å². The zero-order valence-electron chi connectivity index (χ0n) is 21.6. The maximum absolute atomic E-state index is 13.9. The summed E-state index contributed by atoms with van der Waals surface area (Å²) in [4.78, 5) is 30.7. The number of anilines is 1. The van der Waals surface area contributed by atoms with E-state index >= 15 is 0 Å². The minimum Gasteiger partial charge on any atom is -0.503 e. The number of nitrogens with zero attached hydrogens (tertiary/aromatic N) is 2. The van der Waals surface area contributed by atoms with Crippen molar-refractivity contribution in [2.45, 2.75) is 12.5 Å². The molecule has 0 radical (unpaired) electrons. The zero-order valence-corrected chi connectivity index (χ0v) is 23.1. The number of rotatable bonds is 8. The second-order valence-electron chi connectivity index (χ2n) is 9.49. The second-order valence-corrected chi connectivity index (χ2v) is 10.4. The highest BCUT2D eigenvalue weighted by atomic mass is 35.5. The highest BCUT2D eigenvalue weighted by Gasteiger charge is 2.44. The summed E-state index contributed by atoms with van der Waals surface area (Å²) in [5.74, 6) is -1.47. The molecule has 7 nitrogen and oxygen atoms in total. The molecule has 1 aliphatic rings. The molecule has 4 aromatic rings. The molecular formula is C30H26Cl2N2O5. The Morgan fingerprint density at radius 2 is 1.72 bits per heavy atom. The highest BCUT2D eigenvalue weighted by Crippen LogP contribution is 2.41. The Balaban J connectivity index is 1.55. The van der Waals surface area contributed by atoms with Gasteiger partial charge in [-0.3, -0.25) is 9.59 Å². The van der Waals surface area contributed by atoms with E-state index in [0.29, 0.717) is 38.7 Å². The number of hydrogen-bond acceptors (Lipinski definition) is 6. The van der Waals surface area contributed by atoms with Gasteiger partial charge in [-0.2, -0.15) is 0 Å². The molecule has 2 heterocycles. The first-order valence-electron chi connectivity index (χ1n) is 12.3. The van der Waals surface area contributed by atoms with Gasteiger partial charge in [-0.25, -0.2) is 0 Å². The monoisotopic (exact) mass is 564 g/mol. The van der Waals surface area contributed by atoms with Crippen LogP contribution in [-0.4, -0.2) is 49.4 Å². The third-order valence-corrected chi connectivity index (χ3v) is 7.29. The van der Waals surface area contributed by atoms with Gasteiger partial charge in [0.2, 0.25) is 5.78 Å². The van der Waals surface area contributed by atoms with Crippen molar-refractivity contribution in [1.82, 2.24) is 4.90 Å². The number of aliphatic hydroxyl groups is 1. The lowest BCUT2D eigenvalue weighted by atomic mass is 9.94. The van der Waals surface area contributed by atoms with Crippen molar-refractivity contribution < 1.29 is 23.8 Å². The van der Waals surface area contributed by atoms with Gasteiger partial charge in [0.05, 0.1) is 18.7 Å². The first-order valence-corrected chi connectivity index (χ1v) is 13.0. The van der Waals surface area contributed by atoms with Crippen molar-refractivity contribution in [3.63, 3.8) is 0 Å². The number of aliphatic hydroxyl groups excluding tert-OH is 1. The molecule has 0 bridgehead atoms. The summed E-state index contributed by atoms with van der Waals surface area (Å²) in [6, 6.07) is 18.8. The predicted molar refractivity (Wildman–Crippen MR) is 152 cm³/mol. The van der Waals surface area contributed by atoms with E-state index in [-0.39, 0.29) is 17.9 Å². The summed E-state index contributed by atoms with van der Waals surface area (Å²) in [5.41, 5.74) is 2.92. The average molecular weight is 565 g/mol. The summed E-state index contributed by atoms with van der Waals surface area (Å²) >= 11 is 12.2. The topological polar surface area (TPSA) is 83.2 Å². The second kappa shape index (κ2) is 10.7. The normalized spacial score (nSPS) is 15.4. The van der Waals surface area contributed by atoms with Crippen molar-refractivity contribution >= 4 is 51.5 Å². The molecule has 1 aromatic heterocycles. The maximum Gasteiger partial charge on any atom is 0.290 e.